The Morgan fingerprint density at radius 2 is 2.02 bits per heavy atom. The fraction of sp³-hybridized carbons (Fsp3) is 0.258. The minimum atomic E-state index is -4.98. The van der Waals surface area contributed by atoms with Gasteiger partial charge >= 0.3 is 16.1 Å². The molecule has 2 aromatic heterocycles. The summed E-state index contributed by atoms with van der Waals surface area (Å²) >= 11 is 7.40. The molecule has 3 aromatic carbocycles. The van der Waals surface area contributed by atoms with E-state index in [0.29, 0.717) is 13.0 Å². The lowest BCUT2D eigenvalue weighted by Gasteiger charge is -2.30. The van der Waals surface area contributed by atoms with Crippen LogP contribution in [0, 0.1) is 33.1 Å². The van der Waals surface area contributed by atoms with E-state index < -0.39 is 66.4 Å². The van der Waals surface area contributed by atoms with Crippen LogP contribution in [-0.2, 0) is 10.1 Å². The van der Waals surface area contributed by atoms with Crippen LogP contribution in [0.3, 0.4) is 0 Å². The lowest BCUT2D eigenvalue weighted by Crippen LogP contribution is -2.43. The number of benzene rings is 3. The van der Waals surface area contributed by atoms with Gasteiger partial charge in [-0.2, -0.15) is 23.6 Å². The van der Waals surface area contributed by atoms with Crippen LogP contribution >= 0.6 is 22.9 Å². The average molecular weight is 731 g/mol. The molecule has 2 atom stereocenters. The van der Waals surface area contributed by atoms with Gasteiger partial charge in [-0.1, -0.05) is 29.8 Å². The number of fused-ring (bicyclic) bond motifs is 3. The first-order chi connectivity index (χ1) is 23.3. The maximum absolute atomic E-state index is 16.8. The maximum Gasteiger partial charge on any atom is 0.347 e. The minimum absolute atomic E-state index is 0.00168. The molecule has 2 aliphatic heterocycles. The summed E-state index contributed by atoms with van der Waals surface area (Å²) in [6.07, 6.45) is 0.481. The number of anilines is 1. The van der Waals surface area contributed by atoms with Gasteiger partial charge in [0.2, 0.25) is 5.88 Å². The summed E-state index contributed by atoms with van der Waals surface area (Å²) in [7, 11) is -4.98. The van der Waals surface area contributed by atoms with E-state index in [1.807, 2.05) is 11.0 Å². The second kappa shape index (κ2) is 12.0. The van der Waals surface area contributed by atoms with E-state index in [4.69, 9.17) is 26.3 Å². The van der Waals surface area contributed by atoms with Crippen molar-refractivity contribution < 1.29 is 35.4 Å². The van der Waals surface area contributed by atoms with E-state index in [1.54, 1.807) is 0 Å². The zero-order valence-electron chi connectivity index (χ0n) is 25.0. The van der Waals surface area contributed by atoms with Crippen molar-refractivity contribution in [2.45, 2.75) is 35.9 Å². The van der Waals surface area contributed by atoms with Crippen LogP contribution in [0.1, 0.15) is 24.8 Å². The number of para-hydroxylation sites is 1. The van der Waals surface area contributed by atoms with Crippen molar-refractivity contribution in [3.05, 3.63) is 74.8 Å². The van der Waals surface area contributed by atoms with Crippen molar-refractivity contribution in [2.24, 2.45) is 0 Å². The zero-order valence-corrected chi connectivity index (χ0v) is 27.3. The van der Waals surface area contributed by atoms with E-state index in [-0.39, 0.29) is 61.8 Å². The summed E-state index contributed by atoms with van der Waals surface area (Å²) < 4.78 is 84.2. The molecule has 5 aromatic rings. The number of hydrogen-bond acceptors (Lipinski definition) is 12. The van der Waals surface area contributed by atoms with E-state index in [2.05, 4.69) is 9.97 Å². The maximum atomic E-state index is 16.8. The number of ether oxygens (including phenoxy) is 1. The molecule has 252 valence electrons. The number of nitro groups is 1. The van der Waals surface area contributed by atoms with Crippen molar-refractivity contribution in [1.82, 2.24) is 14.9 Å². The second-order valence-corrected chi connectivity index (χ2v) is 14.6. The van der Waals surface area contributed by atoms with Gasteiger partial charge in [-0.3, -0.25) is 15.0 Å². The zero-order chi connectivity index (χ0) is 34.8. The Bertz CT molecular complexity index is 2370. The van der Waals surface area contributed by atoms with Crippen LogP contribution in [0.5, 0.6) is 11.9 Å². The Labute approximate surface area is 284 Å². The summed E-state index contributed by atoms with van der Waals surface area (Å²) in [6.45, 7) is 0.742. The predicted molar refractivity (Wildman–Crippen MR) is 174 cm³/mol. The van der Waals surface area contributed by atoms with Crippen molar-refractivity contribution in [3.63, 3.8) is 0 Å². The second-order valence-electron chi connectivity index (χ2n) is 11.6. The number of halogens is 4. The van der Waals surface area contributed by atoms with Gasteiger partial charge in [0.1, 0.15) is 35.2 Å². The highest BCUT2D eigenvalue weighted by Crippen LogP contribution is 2.46. The molecule has 0 saturated carbocycles. The van der Waals surface area contributed by atoms with Gasteiger partial charge in [-0.15, -0.1) is 11.3 Å². The van der Waals surface area contributed by atoms with Gasteiger partial charge in [0, 0.05) is 30.0 Å². The highest BCUT2D eigenvalue weighted by Gasteiger charge is 2.49. The normalized spacial score (nSPS) is 19.3. The molecule has 2 fully saturated rings. The molecular formula is C31H22ClF3N6O6S2. The number of alkyl halides is 1. The fourth-order valence-electron chi connectivity index (χ4n) is 6.65. The van der Waals surface area contributed by atoms with Crippen LogP contribution in [-0.4, -0.2) is 59.6 Å². The third kappa shape index (κ3) is 5.44. The largest absolute Gasteiger partial charge is 0.461 e. The lowest BCUT2D eigenvalue weighted by atomic mass is 9.95. The molecule has 2 aliphatic rings. The van der Waals surface area contributed by atoms with E-state index in [1.165, 1.54) is 18.2 Å². The summed E-state index contributed by atoms with van der Waals surface area (Å²) in [5, 5.41) is 20.7. The quantitative estimate of drug-likeness (QED) is 0.104. The number of nitro benzene ring substituents is 1. The van der Waals surface area contributed by atoms with E-state index >= 15 is 4.39 Å². The van der Waals surface area contributed by atoms with Crippen molar-refractivity contribution >= 4 is 64.7 Å². The Morgan fingerprint density at radius 1 is 1.24 bits per heavy atom. The van der Waals surface area contributed by atoms with Gasteiger partial charge < -0.3 is 14.7 Å². The number of nitriles is 1. The molecule has 0 aliphatic carbocycles. The van der Waals surface area contributed by atoms with Crippen molar-refractivity contribution in [3.8, 4) is 29.1 Å². The predicted octanol–water partition coefficient (Wildman–Crippen LogP) is 6.53. The van der Waals surface area contributed by atoms with Gasteiger partial charge in [0.15, 0.2) is 10.7 Å². The number of nitrogens with zero attached hydrogens (tertiary/aromatic N) is 5. The van der Waals surface area contributed by atoms with E-state index in [9.17, 15) is 32.6 Å². The van der Waals surface area contributed by atoms with E-state index in [0.717, 1.165) is 42.0 Å². The highest BCUT2D eigenvalue weighted by molar-refractivity contribution is 7.87. The third-order valence-electron chi connectivity index (χ3n) is 8.78. The van der Waals surface area contributed by atoms with Gasteiger partial charge in [-0.25, -0.2) is 13.2 Å². The summed E-state index contributed by atoms with van der Waals surface area (Å²) in [4.78, 5) is 20.2. The number of nitrogen functional groups attached to an aromatic ring is 1. The average Bonchev–Trinajstić information content (AvgIpc) is 3.70. The Hall–Kier alpha value is -4.76. The summed E-state index contributed by atoms with van der Waals surface area (Å²) in [5.74, 6) is -2.59. The first kappa shape index (κ1) is 32.8. The molecule has 49 heavy (non-hydrogen) atoms. The topological polar surface area (TPSA) is 175 Å². The molecule has 0 unspecified atom stereocenters. The smallest absolute Gasteiger partial charge is 0.347 e. The molecule has 2 saturated heterocycles. The Morgan fingerprint density at radius 3 is 2.78 bits per heavy atom. The lowest BCUT2D eigenvalue weighted by molar-refractivity contribution is -0.387. The molecule has 2 N–H and O–H groups in total. The highest BCUT2D eigenvalue weighted by atomic mass is 35.5. The van der Waals surface area contributed by atoms with Crippen LogP contribution in [0.25, 0.3) is 32.1 Å². The van der Waals surface area contributed by atoms with Crippen LogP contribution in [0.15, 0.2) is 47.4 Å². The molecule has 0 spiro atoms. The number of nitrogens with two attached hydrogens (primary N) is 1. The summed E-state index contributed by atoms with van der Waals surface area (Å²) in [5.41, 5.74) is 3.55. The Kier molecular flexibility index (Phi) is 8.01. The fourth-order valence-corrected chi connectivity index (χ4v) is 8.96. The van der Waals surface area contributed by atoms with Gasteiger partial charge in [-0.05, 0) is 43.1 Å². The minimum Gasteiger partial charge on any atom is -0.461 e. The molecule has 12 nitrogen and oxygen atoms in total. The molecule has 4 heterocycles. The Balaban J connectivity index is 1.42. The monoisotopic (exact) mass is 730 g/mol. The number of hydrogen-bond donors (Lipinski definition) is 1. The third-order valence-corrected chi connectivity index (χ3v) is 11.4. The SMILES string of the molecule is N#Cc1c(N)sc2c(F)ccc(-c3c(Cl)cc4c(OS(=O)(=O)c5ccccc5[N+](=O)[O-])nc(OC[C@@]56CCCN5C[C@H](F)C6)nc4c3F)c12. The number of thiophene rings is 1. The molecule has 7 rings (SSSR count). The van der Waals surface area contributed by atoms with Crippen LogP contribution in [0.2, 0.25) is 5.02 Å². The molecule has 0 bridgehead atoms. The van der Waals surface area contributed by atoms with Gasteiger partial charge in [0.25, 0.3) is 5.69 Å². The van der Waals surface area contributed by atoms with Gasteiger partial charge in [0.05, 0.1) is 31.1 Å². The molecule has 0 amide bonds. The van der Waals surface area contributed by atoms with Crippen LogP contribution < -0.4 is 14.7 Å². The van der Waals surface area contributed by atoms with Crippen molar-refractivity contribution in [1.29, 1.82) is 5.26 Å². The molecule has 18 heteroatoms. The number of rotatable bonds is 8. The number of aromatic nitrogens is 2. The molecule has 0 radical (unpaired) electrons. The first-order valence-electron chi connectivity index (χ1n) is 14.6. The van der Waals surface area contributed by atoms with Crippen LogP contribution in [0.4, 0.5) is 23.9 Å². The molecular weight excluding hydrogens is 709 g/mol. The van der Waals surface area contributed by atoms with Crippen molar-refractivity contribution in [2.75, 3.05) is 25.4 Å². The first-order valence-corrected chi connectivity index (χ1v) is 17.2. The standard InChI is InChI=1S/C31H22ClF3N6O6S2/c32-19-10-17-26(25(35)24(19)16-6-7-20(34)27-23(16)18(12-36)28(37)48-27)38-30(46-14-31-8-3-9-40(31)13-15(33)11-31)39-29(17)47-49(44,45)22-5-2-1-4-21(22)41(42)43/h1-2,4-7,10,15H,3,8-9,11,13-14,37H2/t15-,31+/m1/s1. The summed E-state index contributed by atoms with van der Waals surface area (Å²) in [6, 6.07) is 9.21.